The van der Waals surface area contributed by atoms with Gasteiger partial charge in [0, 0.05) is 48.3 Å². The normalized spacial score (nSPS) is 23.3. The maximum atomic E-state index is 13.5. The van der Waals surface area contributed by atoms with Crippen LogP contribution < -0.4 is 10.2 Å². The number of halogens is 1. The smallest absolute Gasteiger partial charge is 0.251 e. The zero-order chi connectivity index (χ0) is 26.6. The second kappa shape index (κ2) is 12.0. The van der Waals surface area contributed by atoms with Crippen LogP contribution in [0.1, 0.15) is 66.9 Å². The summed E-state index contributed by atoms with van der Waals surface area (Å²) in [6.45, 7) is 6.25. The Bertz CT molecular complexity index is 1260. The molecule has 0 atom stereocenters. The van der Waals surface area contributed by atoms with Crippen molar-refractivity contribution in [2.45, 2.75) is 56.9 Å². The van der Waals surface area contributed by atoms with Gasteiger partial charge in [0.1, 0.15) is 11.6 Å². The Kier molecular flexibility index (Phi) is 8.06. The number of likely N-dealkylation sites (tertiary alicyclic amines) is 1. The minimum Gasteiger partial charge on any atom is -0.378 e. The Morgan fingerprint density at radius 2 is 1.79 bits per heavy atom. The second-order valence-electron chi connectivity index (χ2n) is 11.3. The number of amides is 1. The highest BCUT2D eigenvalue weighted by Gasteiger charge is 2.27. The summed E-state index contributed by atoms with van der Waals surface area (Å²) in [5.41, 5.74) is 2.20. The van der Waals surface area contributed by atoms with Gasteiger partial charge < -0.3 is 24.4 Å². The number of rotatable bonds is 7. The van der Waals surface area contributed by atoms with Gasteiger partial charge in [-0.1, -0.05) is 5.16 Å². The van der Waals surface area contributed by atoms with Crippen molar-refractivity contribution in [3.8, 4) is 0 Å². The van der Waals surface area contributed by atoms with E-state index in [1.165, 1.54) is 18.6 Å². The Morgan fingerprint density at radius 3 is 2.59 bits per heavy atom. The molecule has 1 aromatic carbocycles. The van der Waals surface area contributed by atoms with Gasteiger partial charge in [0.2, 0.25) is 0 Å². The molecule has 2 aliphatic heterocycles. The SMILES string of the molecule is O=C(NC1CCC(CCN2CCC(c3noc4cc(F)ccc34)CC2)CC1)c1ccnc(N2CCOCC2)c1. The number of piperidine rings is 1. The summed E-state index contributed by atoms with van der Waals surface area (Å²) in [7, 11) is 0. The lowest BCUT2D eigenvalue weighted by Gasteiger charge is -2.34. The Morgan fingerprint density at radius 1 is 1.00 bits per heavy atom. The molecular formula is C30H38FN5O3. The maximum absolute atomic E-state index is 13.5. The molecule has 39 heavy (non-hydrogen) atoms. The number of hydrogen-bond donors (Lipinski definition) is 1. The van der Waals surface area contributed by atoms with E-state index in [9.17, 15) is 9.18 Å². The predicted molar refractivity (Wildman–Crippen MR) is 147 cm³/mol. The summed E-state index contributed by atoms with van der Waals surface area (Å²) >= 11 is 0. The molecule has 1 amide bonds. The molecule has 0 bridgehead atoms. The third-order valence-electron chi connectivity index (χ3n) is 8.81. The van der Waals surface area contributed by atoms with E-state index in [1.54, 1.807) is 18.3 Å². The molecule has 3 aromatic rings. The first kappa shape index (κ1) is 26.2. The molecule has 3 aliphatic rings. The number of nitrogens with one attached hydrogen (secondary N) is 1. The summed E-state index contributed by atoms with van der Waals surface area (Å²) in [6.07, 6.45) is 9.47. The molecule has 8 nitrogen and oxygen atoms in total. The lowest BCUT2D eigenvalue weighted by Crippen LogP contribution is -2.39. The van der Waals surface area contributed by atoms with E-state index in [1.807, 2.05) is 6.07 Å². The van der Waals surface area contributed by atoms with Crippen LogP contribution in [-0.4, -0.2) is 72.9 Å². The molecule has 0 unspecified atom stereocenters. The number of anilines is 1. The van der Waals surface area contributed by atoms with Crippen LogP contribution in [0.15, 0.2) is 41.1 Å². The molecule has 1 saturated carbocycles. The number of fused-ring (bicyclic) bond motifs is 1. The first-order valence-electron chi connectivity index (χ1n) is 14.5. The third kappa shape index (κ3) is 6.25. The minimum atomic E-state index is -0.289. The molecule has 6 rings (SSSR count). The standard InChI is InChI=1S/C30H38FN5O3/c31-24-3-6-26-27(20-24)39-34-29(26)22-9-13-35(14-10-22)12-8-21-1-4-25(5-2-21)33-30(37)23-7-11-32-28(19-23)36-15-17-38-18-16-36/h3,6-7,11,19-22,25H,1-2,4-5,8-10,12-18H2,(H,33,37). The first-order chi connectivity index (χ1) is 19.1. The van der Waals surface area contributed by atoms with Crippen molar-refractivity contribution >= 4 is 22.7 Å². The highest BCUT2D eigenvalue weighted by atomic mass is 19.1. The highest BCUT2D eigenvalue weighted by molar-refractivity contribution is 5.95. The number of carbonyl (C=O) groups excluding carboxylic acids is 1. The number of ether oxygens (including phenoxy) is 1. The Hall–Kier alpha value is -3.04. The topological polar surface area (TPSA) is 83.7 Å². The van der Waals surface area contributed by atoms with Crippen molar-refractivity contribution in [1.29, 1.82) is 0 Å². The number of morpholine rings is 1. The first-order valence-corrected chi connectivity index (χ1v) is 14.5. The molecular weight excluding hydrogens is 497 g/mol. The van der Waals surface area contributed by atoms with E-state index in [-0.39, 0.29) is 17.8 Å². The average molecular weight is 536 g/mol. The van der Waals surface area contributed by atoms with E-state index >= 15 is 0 Å². The fraction of sp³-hybridized carbons (Fsp3) is 0.567. The molecule has 208 valence electrons. The van der Waals surface area contributed by atoms with Crippen molar-refractivity contribution < 1.29 is 18.4 Å². The minimum absolute atomic E-state index is 0.00301. The summed E-state index contributed by atoms with van der Waals surface area (Å²) < 4.78 is 24.3. The van der Waals surface area contributed by atoms with Gasteiger partial charge in [-0.3, -0.25) is 4.79 Å². The maximum Gasteiger partial charge on any atom is 0.251 e. The molecule has 1 N–H and O–H groups in total. The van der Waals surface area contributed by atoms with Gasteiger partial charge in [-0.05, 0) is 94.8 Å². The quantitative estimate of drug-likeness (QED) is 0.467. The van der Waals surface area contributed by atoms with Gasteiger partial charge >= 0.3 is 0 Å². The van der Waals surface area contributed by atoms with Crippen molar-refractivity contribution in [2.24, 2.45) is 5.92 Å². The zero-order valence-corrected chi connectivity index (χ0v) is 22.5. The number of nitrogens with zero attached hydrogens (tertiary/aromatic N) is 4. The summed E-state index contributed by atoms with van der Waals surface area (Å²) in [4.78, 5) is 22.1. The summed E-state index contributed by atoms with van der Waals surface area (Å²) in [5.74, 6) is 1.66. The number of aromatic nitrogens is 2. The Balaban J connectivity index is 0.918. The van der Waals surface area contributed by atoms with E-state index in [4.69, 9.17) is 9.26 Å². The van der Waals surface area contributed by atoms with Crippen LogP contribution in [0.3, 0.4) is 0 Å². The molecule has 0 spiro atoms. The zero-order valence-electron chi connectivity index (χ0n) is 22.5. The largest absolute Gasteiger partial charge is 0.378 e. The van der Waals surface area contributed by atoms with Crippen LogP contribution in [-0.2, 0) is 4.74 Å². The van der Waals surface area contributed by atoms with Gasteiger partial charge in [0.05, 0.1) is 18.9 Å². The van der Waals surface area contributed by atoms with Gasteiger partial charge in [0.25, 0.3) is 5.91 Å². The monoisotopic (exact) mass is 535 g/mol. The van der Waals surface area contributed by atoms with Crippen LogP contribution in [0.5, 0.6) is 0 Å². The van der Waals surface area contributed by atoms with Gasteiger partial charge in [0.15, 0.2) is 5.58 Å². The molecule has 1 aliphatic carbocycles. The molecule has 3 fully saturated rings. The van der Waals surface area contributed by atoms with E-state index in [0.717, 1.165) is 94.1 Å². The van der Waals surface area contributed by atoms with E-state index in [0.29, 0.717) is 30.3 Å². The van der Waals surface area contributed by atoms with Gasteiger partial charge in [-0.25, -0.2) is 9.37 Å². The average Bonchev–Trinajstić information content (AvgIpc) is 3.40. The summed E-state index contributed by atoms with van der Waals surface area (Å²) in [6, 6.07) is 8.65. The van der Waals surface area contributed by atoms with Crippen molar-refractivity contribution in [2.75, 3.05) is 50.8 Å². The van der Waals surface area contributed by atoms with Crippen LogP contribution in [0, 0.1) is 11.7 Å². The Labute approximate surface area is 228 Å². The molecule has 9 heteroatoms. The molecule has 2 saturated heterocycles. The van der Waals surface area contributed by atoms with E-state index < -0.39 is 0 Å². The van der Waals surface area contributed by atoms with Crippen LogP contribution in [0.25, 0.3) is 11.0 Å². The fourth-order valence-electron chi connectivity index (χ4n) is 6.41. The van der Waals surface area contributed by atoms with Gasteiger partial charge in [-0.2, -0.15) is 0 Å². The van der Waals surface area contributed by atoms with Crippen molar-refractivity contribution in [1.82, 2.24) is 20.4 Å². The molecule has 4 heterocycles. The third-order valence-corrected chi connectivity index (χ3v) is 8.81. The highest BCUT2D eigenvalue weighted by Crippen LogP contribution is 2.34. The fourth-order valence-corrected chi connectivity index (χ4v) is 6.41. The number of pyridine rings is 1. The second-order valence-corrected chi connectivity index (χ2v) is 11.3. The van der Waals surface area contributed by atoms with Crippen LogP contribution >= 0.6 is 0 Å². The number of carbonyl (C=O) groups is 1. The van der Waals surface area contributed by atoms with E-state index in [2.05, 4.69) is 25.3 Å². The molecule has 0 radical (unpaired) electrons. The summed E-state index contributed by atoms with van der Waals surface area (Å²) in [5, 5.41) is 8.49. The van der Waals surface area contributed by atoms with Crippen molar-refractivity contribution in [3.05, 3.63) is 53.6 Å². The van der Waals surface area contributed by atoms with Gasteiger partial charge in [-0.15, -0.1) is 0 Å². The number of hydrogen-bond acceptors (Lipinski definition) is 7. The number of benzene rings is 1. The van der Waals surface area contributed by atoms with Crippen LogP contribution in [0.2, 0.25) is 0 Å². The predicted octanol–water partition coefficient (Wildman–Crippen LogP) is 4.76. The lowest BCUT2D eigenvalue weighted by atomic mass is 9.83. The lowest BCUT2D eigenvalue weighted by molar-refractivity contribution is 0.0919. The van der Waals surface area contributed by atoms with Crippen molar-refractivity contribution in [3.63, 3.8) is 0 Å². The van der Waals surface area contributed by atoms with Crippen LogP contribution in [0.4, 0.5) is 10.2 Å². The molecule has 2 aromatic heterocycles.